The van der Waals surface area contributed by atoms with Gasteiger partial charge in [-0.15, -0.1) is 0 Å². The highest BCUT2D eigenvalue weighted by molar-refractivity contribution is 6.01. The predicted molar refractivity (Wildman–Crippen MR) is 63.1 cm³/mol. The Hall–Kier alpha value is -1.78. The molecule has 0 spiro atoms. The van der Waals surface area contributed by atoms with Crippen LogP contribution < -0.4 is 11.1 Å². The summed E-state index contributed by atoms with van der Waals surface area (Å²) in [6, 6.07) is 0. The van der Waals surface area contributed by atoms with E-state index in [9.17, 15) is 13.9 Å². The molecule has 3 heterocycles. The van der Waals surface area contributed by atoms with E-state index in [1.807, 2.05) is 5.32 Å². The smallest absolute Gasteiger partial charge is 0.394 e. The van der Waals surface area contributed by atoms with E-state index in [1.54, 1.807) is 0 Å². The molecule has 0 bridgehead atoms. The number of ether oxygens (including phenoxy) is 1. The van der Waals surface area contributed by atoms with E-state index in [1.165, 1.54) is 10.9 Å². The molecule has 1 aromatic heterocycles. The summed E-state index contributed by atoms with van der Waals surface area (Å²) in [7, 11) is 0. The molecule has 110 valence electrons. The Morgan fingerprint density at radius 2 is 2.35 bits per heavy atom. The van der Waals surface area contributed by atoms with Crippen LogP contribution in [0.3, 0.4) is 0 Å². The Bertz CT molecular complexity index is 561. The van der Waals surface area contributed by atoms with E-state index in [0.717, 1.165) is 0 Å². The number of anilines is 1. The first kappa shape index (κ1) is 13.2. The number of hydrogen-bond donors (Lipinski definition) is 4. The summed E-state index contributed by atoms with van der Waals surface area (Å²) in [6.07, 6.45) is -4.45. The number of imidazole rings is 1. The maximum atomic E-state index is 13.3. The molecule has 1 saturated heterocycles. The van der Waals surface area contributed by atoms with Crippen molar-refractivity contribution < 1.29 is 23.7 Å². The predicted octanol–water partition coefficient (Wildman–Crippen LogP) is -0.795. The molecule has 3 atom stereocenters. The highest BCUT2D eigenvalue weighted by Gasteiger charge is 2.40. The lowest BCUT2D eigenvalue weighted by atomic mass is 10.2. The molecule has 0 saturated carbocycles. The van der Waals surface area contributed by atoms with Crippen LogP contribution in [-0.2, 0) is 4.74 Å². The molecule has 10 heteroatoms. The standard InChI is InChI=1S/C10H13F2N5O3/c11-10(12)15-8(13)7-9(16-10)17(3-14-7)6-1-4(19)5(2-18)20-6/h3-6,16,18-19H,1-2H2,(H2,13,15)/t4-,5+,6+/m0/s1. The summed E-state index contributed by atoms with van der Waals surface area (Å²) >= 11 is 0. The molecule has 2 aliphatic heterocycles. The number of aromatic nitrogens is 2. The van der Waals surface area contributed by atoms with Gasteiger partial charge in [0.15, 0.2) is 5.84 Å². The number of amidine groups is 1. The van der Waals surface area contributed by atoms with Crippen molar-refractivity contribution in [2.45, 2.75) is 31.0 Å². The molecule has 1 aromatic rings. The average Bonchev–Trinajstić information content (AvgIpc) is 2.91. The van der Waals surface area contributed by atoms with E-state index in [0.29, 0.717) is 0 Å². The Morgan fingerprint density at radius 3 is 3.00 bits per heavy atom. The first-order valence-corrected chi connectivity index (χ1v) is 5.94. The first-order valence-electron chi connectivity index (χ1n) is 5.94. The second-order valence-electron chi connectivity index (χ2n) is 4.63. The van der Waals surface area contributed by atoms with Crippen molar-refractivity contribution in [3.63, 3.8) is 0 Å². The van der Waals surface area contributed by atoms with E-state index in [-0.39, 0.29) is 30.4 Å². The van der Waals surface area contributed by atoms with Crippen LogP contribution in [0.5, 0.6) is 0 Å². The van der Waals surface area contributed by atoms with Crippen molar-refractivity contribution in [2.75, 3.05) is 11.9 Å². The van der Waals surface area contributed by atoms with Gasteiger partial charge < -0.3 is 20.7 Å². The molecule has 2 aliphatic rings. The summed E-state index contributed by atoms with van der Waals surface area (Å²) in [5, 5.41) is 20.6. The van der Waals surface area contributed by atoms with Gasteiger partial charge in [0.2, 0.25) is 0 Å². The van der Waals surface area contributed by atoms with Gasteiger partial charge in [0.1, 0.15) is 23.8 Å². The largest absolute Gasteiger partial charge is 0.432 e. The zero-order chi connectivity index (χ0) is 14.5. The van der Waals surface area contributed by atoms with Crippen LogP contribution in [0, 0.1) is 0 Å². The molecule has 0 radical (unpaired) electrons. The lowest BCUT2D eigenvalue weighted by molar-refractivity contribution is -0.0443. The summed E-state index contributed by atoms with van der Waals surface area (Å²) in [6.45, 7) is -0.359. The van der Waals surface area contributed by atoms with Crippen LogP contribution in [-0.4, -0.2) is 50.6 Å². The molecule has 0 aliphatic carbocycles. The van der Waals surface area contributed by atoms with Gasteiger partial charge in [-0.1, -0.05) is 0 Å². The number of nitrogens with one attached hydrogen (secondary N) is 1. The fourth-order valence-electron chi connectivity index (χ4n) is 2.32. The number of aliphatic imine (C=N–C) groups is 1. The molecule has 3 rings (SSSR count). The van der Waals surface area contributed by atoms with Crippen molar-refractivity contribution in [2.24, 2.45) is 10.7 Å². The Balaban J connectivity index is 1.93. The van der Waals surface area contributed by atoms with Crippen LogP contribution in [0.4, 0.5) is 14.6 Å². The van der Waals surface area contributed by atoms with Gasteiger partial charge in [-0.05, 0) is 0 Å². The SMILES string of the molecule is NC1=NC(F)(F)Nc2c1ncn2[C@H]1C[C@H](O)[C@@H](CO)O1. The van der Waals surface area contributed by atoms with Crippen LogP contribution in [0.15, 0.2) is 11.3 Å². The number of fused-ring (bicyclic) bond motifs is 1. The fourth-order valence-corrected chi connectivity index (χ4v) is 2.32. The maximum Gasteiger partial charge on any atom is 0.432 e. The van der Waals surface area contributed by atoms with Crippen LogP contribution >= 0.6 is 0 Å². The molecule has 20 heavy (non-hydrogen) atoms. The quantitative estimate of drug-likeness (QED) is 0.530. The van der Waals surface area contributed by atoms with Gasteiger partial charge in [-0.2, -0.15) is 13.8 Å². The van der Waals surface area contributed by atoms with Crippen LogP contribution in [0.25, 0.3) is 0 Å². The Labute approximate surface area is 111 Å². The number of hydrogen-bond acceptors (Lipinski definition) is 7. The van der Waals surface area contributed by atoms with Gasteiger partial charge in [-0.25, -0.2) is 4.98 Å². The van der Waals surface area contributed by atoms with Crippen molar-refractivity contribution in [1.29, 1.82) is 0 Å². The normalized spacial score (nSPS) is 31.6. The van der Waals surface area contributed by atoms with Crippen molar-refractivity contribution in [3.8, 4) is 0 Å². The fraction of sp³-hybridized carbons (Fsp3) is 0.600. The zero-order valence-electron chi connectivity index (χ0n) is 10.2. The van der Waals surface area contributed by atoms with Crippen molar-refractivity contribution >= 4 is 11.7 Å². The maximum absolute atomic E-state index is 13.3. The topological polar surface area (TPSA) is 118 Å². The Morgan fingerprint density at radius 1 is 1.60 bits per heavy atom. The monoisotopic (exact) mass is 289 g/mol. The number of nitrogens with two attached hydrogens (primary N) is 1. The summed E-state index contributed by atoms with van der Waals surface area (Å²) in [5.41, 5.74) is 5.54. The number of alkyl halides is 2. The second-order valence-corrected chi connectivity index (χ2v) is 4.63. The first-order chi connectivity index (χ1) is 9.41. The molecule has 0 amide bonds. The minimum Gasteiger partial charge on any atom is -0.394 e. The molecular formula is C10H13F2N5O3. The number of nitrogens with zero attached hydrogens (tertiary/aromatic N) is 3. The summed E-state index contributed by atoms with van der Waals surface area (Å²) in [4.78, 5) is 6.90. The molecule has 8 nitrogen and oxygen atoms in total. The molecular weight excluding hydrogens is 276 g/mol. The van der Waals surface area contributed by atoms with Crippen LogP contribution in [0.2, 0.25) is 0 Å². The van der Waals surface area contributed by atoms with E-state index >= 15 is 0 Å². The van der Waals surface area contributed by atoms with Crippen molar-refractivity contribution in [3.05, 3.63) is 12.0 Å². The highest BCUT2D eigenvalue weighted by atomic mass is 19.3. The van der Waals surface area contributed by atoms with E-state index in [2.05, 4.69) is 9.98 Å². The number of rotatable bonds is 2. The summed E-state index contributed by atoms with van der Waals surface area (Å²) < 4.78 is 33.4. The average molecular weight is 289 g/mol. The van der Waals surface area contributed by atoms with Crippen LogP contribution in [0.1, 0.15) is 18.3 Å². The minimum absolute atomic E-state index is 0.0294. The van der Waals surface area contributed by atoms with E-state index < -0.39 is 24.6 Å². The minimum atomic E-state index is -3.53. The molecule has 0 aromatic carbocycles. The third-order valence-electron chi connectivity index (χ3n) is 3.26. The molecule has 1 fully saturated rings. The molecule has 0 unspecified atom stereocenters. The molecule has 5 N–H and O–H groups in total. The third-order valence-corrected chi connectivity index (χ3v) is 3.26. The van der Waals surface area contributed by atoms with Gasteiger partial charge >= 0.3 is 6.17 Å². The zero-order valence-corrected chi connectivity index (χ0v) is 10.2. The number of halogens is 2. The second kappa shape index (κ2) is 4.36. The van der Waals surface area contributed by atoms with Gasteiger partial charge in [0.25, 0.3) is 0 Å². The lowest BCUT2D eigenvalue weighted by Crippen LogP contribution is -2.36. The number of aliphatic hydroxyl groups excluding tert-OH is 2. The third kappa shape index (κ3) is 2.01. The van der Waals surface area contributed by atoms with E-state index in [4.69, 9.17) is 15.6 Å². The van der Waals surface area contributed by atoms with Gasteiger partial charge in [-0.3, -0.25) is 9.88 Å². The van der Waals surface area contributed by atoms with Gasteiger partial charge in [0.05, 0.1) is 19.0 Å². The summed E-state index contributed by atoms with van der Waals surface area (Å²) in [5.74, 6) is -0.405. The number of aliphatic hydroxyl groups is 2. The lowest BCUT2D eigenvalue weighted by Gasteiger charge is -2.23. The van der Waals surface area contributed by atoms with Gasteiger partial charge in [0, 0.05) is 6.42 Å². The highest BCUT2D eigenvalue weighted by Crippen LogP contribution is 2.35. The van der Waals surface area contributed by atoms with Crippen molar-refractivity contribution in [1.82, 2.24) is 9.55 Å². The Kier molecular flexibility index (Phi) is 2.88.